The summed E-state index contributed by atoms with van der Waals surface area (Å²) in [5, 5.41) is 0.352. The van der Waals surface area contributed by atoms with Gasteiger partial charge < -0.3 is 0 Å². The summed E-state index contributed by atoms with van der Waals surface area (Å²) in [4.78, 5) is 11.8. The van der Waals surface area contributed by atoms with Crippen LogP contribution in [-0.4, -0.2) is 16.8 Å². The van der Waals surface area contributed by atoms with Crippen LogP contribution in [0.25, 0.3) is 0 Å². The number of ketones is 1. The van der Waals surface area contributed by atoms with Crippen LogP contribution in [0.3, 0.4) is 0 Å². The predicted octanol–water partition coefficient (Wildman–Crippen LogP) is 4.20. The Bertz CT molecular complexity index is 173. The van der Waals surface area contributed by atoms with Gasteiger partial charge in [0.2, 0.25) is 0 Å². The Kier molecular flexibility index (Phi) is 7.16. The molecule has 88 valence electrons. The van der Waals surface area contributed by atoms with Crippen molar-refractivity contribution in [3.05, 3.63) is 0 Å². The Morgan fingerprint density at radius 2 is 2.00 bits per heavy atom. The van der Waals surface area contributed by atoms with Gasteiger partial charge in [0.15, 0.2) is 0 Å². The minimum Gasteiger partial charge on any atom is -0.298 e. The molecule has 1 unspecified atom stereocenters. The molecule has 0 bridgehead atoms. The van der Waals surface area contributed by atoms with Gasteiger partial charge in [0.05, 0.1) is 5.25 Å². The molecule has 0 saturated carbocycles. The Morgan fingerprint density at radius 1 is 1.20 bits per heavy atom. The van der Waals surface area contributed by atoms with E-state index in [1.54, 1.807) is 0 Å². The average Bonchev–Trinajstić information content (AvgIpc) is 2.30. The van der Waals surface area contributed by atoms with E-state index in [0.717, 1.165) is 19.3 Å². The third-order valence-corrected chi connectivity index (χ3v) is 4.49. The van der Waals surface area contributed by atoms with Gasteiger partial charge in [-0.25, -0.2) is 0 Å². The largest absolute Gasteiger partial charge is 0.298 e. The lowest BCUT2D eigenvalue weighted by atomic mass is 10.0. The minimum absolute atomic E-state index is 0.352. The summed E-state index contributed by atoms with van der Waals surface area (Å²) >= 11 is 1.89. The molecule has 0 aliphatic carbocycles. The van der Waals surface area contributed by atoms with Crippen molar-refractivity contribution in [2.45, 2.75) is 70.0 Å². The standard InChI is InChI=1S/C13H24OS/c1-2-3-4-5-6-9-12(14)13-10-7-8-11-15-13/h13H,2-11H2,1H3. The van der Waals surface area contributed by atoms with Gasteiger partial charge in [-0.05, 0) is 25.0 Å². The van der Waals surface area contributed by atoms with Gasteiger partial charge in [0.1, 0.15) is 5.78 Å². The van der Waals surface area contributed by atoms with Crippen LogP contribution in [0.15, 0.2) is 0 Å². The Hall–Kier alpha value is 0.0200. The molecule has 1 rings (SSSR count). The quantitative estimate of drug-likeness (QED) is 0.607. The molecule has 1 atom stereocenters. The van der Waals surface area contributed by atoms with Crippen molar-refractivity contribution in [2.75, 3.05) is 5.75 Å². The number of rotatable bonds is 7. The van der Waals surface area contributed by atoms with Crippen molar-refractivity contribution in [3.63, 3.8) is 0 Å². The molecular weight excluding hydrogens is 204 g/mol. The molecule has 0 aromatic heterocycles. The molecule has 15 heavy (non-hydrogen) atoms. The third-order valence-electron chi connectivity index (χ3n) is 3.07. The van der Waals surface area contributed by atoms with Crippen molar-refractivity contribution in [1.29, 1.82) is 0 Å². The molecule has 1 nitrogen and oxygen atoms in total. The zero-order chi connectivity index (χ0) is 10.9. The van der Waals surface area contributed by atoms with Crippen LogP contribution in [0.1, 0.15) is 64.7 Å². The molecular formula is C13H24OS. The summed E-state index contributed by atoms with van der Waals surface area (Å²) < 4.78 is 0. The van der Waals surface area contributed by atoms with Crippen LogP contribution in [0.2, 0.25) is 0 Å². The number of hydrogen-bond donors (Lipinski definition) is 0. The molecule has 0 aromatic rings. The first-order chi connectivity index (χ1) is 7.34. The van der Waals surface area contributed by atoms with E-state index in [1.165, 1.54) is 44.3 Å². The molecule has 0 amide bonds. The van der Waals surface area contributed by atoms with E-state index in [2.05, 4.69) is 6.92 Å². The van der Waals surface area contributed by atoms with Crippen LogP contribution in [0.5, 0.6) is 0 Å². The highest BCUT2D eigenvalue weighted by Crippen LogP contribution is 2.27. The van der Waals surface area contributed by atoms with Gasteiger partial charge >= 0.3 is 0 Å². The van der Waals surface area contributed by atoms with Crippen LogP contribution < -0.4 is 0 Å². The predicted molar refractivity (Wildman–Crippen MR) is 68.5 cm³/mol. The molecule has 0 spiro atoms. The van der Waals surface area contributed by atoms with Crippen molar-refractivity contribution in [2.24, 2.45) is 0 Å². The molecule has 0 radical (unpaired) electrons. The van der Waals surface area contributed by atoms with Gasteiger partial charge in [-0.3, -0.25) is 4.79 Å². The SMILES string of the molecule is CCCCCCCC(=O)C1CCCCS1. The van der Waals surface area contributed by atoms with Crippen molar-refractivity contribution < 1.29 is 4.79 Å². The van der Waals surface area contributed by atoms with Gasteiger partial charge in [-0.2, -0.15) is 11.8 Å². The summed E-state index contributed by atoms with van der Waals surface area (Å²) in [7, 11) is 0. The molecule has 1 heterocycles. The van der Waals surface area contributed by atoms with Gasteiger partial charge in [0.25, 0.3) is 0 Å². The number of Topliss-reactive ketones (excluding diaryl/α,β-unsaturated/α-hetero) is 1. The second kappa shape index (κ2) is 8.20. The summed E-state index contributed by atoms with van der Waals surface area (Å²) in [6, 6.07) is 0. The molecule has 1 aliphatic heterocycles. The highest BCUT2D eigenvalue weighted by Gasteiger charge is 2.20. The van der Waals surface area contributed by atoms with E-state index in [1.807, 2.05) is 11.8 Å². The minimum atomic E-state index is 0.352. The first kappa shape index (κ1) is 13.1. The first-order valence-electron chi connectivity index (χ1n) is 6.49. The lowest BCUT2D eigenvalue weighted by Crippen LogP contribution is -2.20. The molecule has 0 aromatic carbocycles. The van der Waals surface area contributed by atoms with Crippen LogP contribution >= 0.6 is 11.8 Å². The molecule has 2 heteroatoms. The van der Waals surface area contributed by atoms with E-state index in [0.29, 0.717) is 11.0 Å². The summed E-state index contributed by atoms with van der Waals surface area (Å²) in [6.07, 6.45) is 10.8. The van der Waals surface area contributed by atoms with E-state index < -0.39 is 0 Å². The van der Waals surface area contributed by atoms with Gasteiger partial charge in [0, 0.05) is 6.42 Å². The monoisotopic (exact) mass is 228 g/mol. The Labute approximate surface area is 98.4 Å². The highest BCUT2D eigenvalue weighted by atomic mass is 32.2. The first-order valence-corrected chi connectivity index (χ1v) is 7.53. The third kappa shape index (κ3) is 5.60. The summed E-state index contributed by atoms with van der Waals surface area (Å²) in [5.74, 6) is 1.72. The van der Waals surface area contributed by atoms with Crippen molar-refractivity contribution >= 4 is 17.5 Å². The summed E-state index contributed by atoms with van der Waals surface area (Å²) in [5.41, 5.74) is 0. The summed E-state index contributed by atoms with van der Waals surface area (Å²) in [6.45, 7) is 2.23. The van der Waals surface area contributed by atoms with Crippen molar-refractivity contribution in [3.8, 4) is 0 Å². The average molecular weight is 228 g/mol. The maximum Gasteiger partial charge on any atom is 0.145 e. The van der Waals surface area contributed by atoms with E-state index >= 15 is 0 Å². The number of thioether (sulfide) groups is 1. The number of unbranched alkanes of at least 4 members (excludes halogenated alkanes) is 4. The smallest absolute Gasteiger partial charge is 0.145 e. The lowest BCUT2D eigenvalue weighted by molar-refractivity contribution is -0.118. The van der Waals surface area contributed by atoms with Crippen LogP contribution in [0, 0.1) is 0 Å². The topological polar surface area (TPSA) is 17.1 Å². The van der Waals surface area contributed by atoms with E-state index in [-0.39, 0.29) is 0 Å². The highest BCUT2D eigenvalue weighted by molar-refractivity contribution is 8.00. The number of carbonyl (C=O) groups excluding carboxylic acids is 1. The fourth-order valence-corrected chi connectivity index (χ4v) is 3.35. The maximum absolute atomic E-state index is 11.8. The Balaban J connectivity index is 2.02. The fraction of sp³-hybridized carbons (Fsp3) is 0.923. The lowest BCUT2D eigenvalue weighted by Gasteiger charge is -2.19. The second-order valence-electron chi connectivity index (χ2n) is 4.49. The normalized spacial score (nSPS) is 21.5. The molecule has 1 aliphatic rings. The molecule has 0 N–H and O–H groups in total. The van der Waals surface area contributed by atoms with Crippen molar-refractivity contribution in [1.82, 2.24) is 0 Å². The number of carbonyl (C=O) groups is 1. The number of hydrogen-bond acceptors (Lipinski definition) is 2. The molecule has 1 saturated heterocycles. The zero-order valence-corrected chi connectivity index (χ0v) is 10.8. The van der Waals surface area contributed by atoms with E-state index in [4.69, 9.17) is 0 Å². The van der Waals surface area contributed by atoms with Gasteiger partial charge in [-0.1, -0.05) is 39.0 Å². The van der Waals surface area contributed by atoms with Gasteiger partial charge in [-0.15, -0.1) is 0 Å². The van der Waals surface area contributed by atoms with E-state index in [9.17, 15) is 4.79 Å². The van der Waals surface area contributed by atoms with Crippen LogP contribution in [-0.2, 0) is 4.79 Å². The maximum atomic E-state index is 11.8. The zero-order valence-electron chi connectivity index (χ0n) is 9.96. The second-order valence-corrected chi connectivity index (χ2v) is 5.80. The Morgan fingerprint density at radius 3 is 2.67 bits per heavy atom. The van der Waals surface area contributed by atoms with Crippen LogP contribution in [0.4, 0.5) is 0 Å². The molecule has 1 fully saturated rings. The fourth-order valence-electron chi connectivity index (χ4n) is 2.06.